The zero-order chi connectivity index (χ0) is 20.4. The van der Waals surface area contributed by atoms with E-state index < -0.39 is 6.10 Å². The van der Waals surface area contributed by atoms with Crippen LogP contribution in [-0.4, -0.2) is 50.0 Å². The summed E-state index contributed by atoms with van der Waals surface area (Å²) in [6, 6.07) is 7.62. The van der Waals surface area contributed by atoms with E-state index in [-0.39, 0.29) is 30.1 Å². The molecule has 0 bridgehead atoms. The molecule has 1 unspecified atom stereocenters. The lowest BCUT2D eigenvalue weighted by Gasteiger charge is -2.18. The number of benzene rings is 1. The van der Waals surface area contributed by atoms with Gasteiger partial charge in [-0.3, -0.25) is 4.99 Å². The summed E-state index contributed by atoms with van der Waals surface area (Å²) in [6.45, 7) is 11.6. The highest BCUT2D eigenvalue weighted by Gasteiger charge is 2.41. The Morgan fingerprint density at radius 3 is 2.62 bits per heavy atom. The Hall–Kier alpha value is -1.06. The van der Waals surface area contributed by atoms with Gasteiger partial charge in [-0.25, -0.2) is 0 Å². The Labute approximate surface area is 192 Å². The third-order valence-corrected chi connectivity index (χ3v) is 4.93. The van der Waals surface area contributed by atoms with E-state index in [4.69, 9.17) is 14.5 Å². The number of aliphatic imine (C=N–C) groups is 1. The second-order valence-electron chi connectivity index (χ2n) is 7.78. The Bertz CT molecular complexity index is 621. The van der Waals surface area contributed by atoms with Crippen molar-refractivity contribution in [1.29, 1.82) is 0 Å². The maximum Gasteiger partial charge on any atom is 0.191 e. The molecule has 0 amide bonds. The van der Waals surface area contributed by atoms with E-state index >= 15 is 0 Å². The Morgan fingerprint density at radius 2 is 2.00 bits per heavy atom. The van der Waals surface area contributed by atoms with Crippen molar-refractivity contribution in [3.63, 3.8) is 0 Å². The summed E-state index contributed by atoms with van der Waals surface area (Å²) in [4.78, 5) is 4.75. The van der Waals surface area contributed by atoms with Crippen LogP contribution in [0.2, 0.25) is 0 Å². The molecule has 2 rings (SSSR count). The lowest BCUT2D eigenvalue weighted by Crippen LogP contribution is -2.39. The van der Waals surface area contributed by atoms with Gasteiger partial charge in [-0.05, 0) is 70.1 Å². The summed E-state index contributed by atoms with van der Waals surface area (Å²) in [7, 11) is 0. The van der Waals surface area contributed by atoms with Crippen molar-refractivity contribution in [2.24, 2.45) is 10.4 Å². The summed E-state index contributed by atoms with van der Waals surface area (Å²) in [5.74, 6) is 1.52. The van der Waals surface area contributed by atoms with Crippen molar-refractivity contribution in [2.45, 2.75) is 59.2 Å². The molecule has 0 spiro atoms. The van der Waals surface area contributed by atoms with Gasteiger partial charge < -0.3 is 25.2 Å². The average molecular weight is 519 g/mol. The van der Waals surface area contributed by atoms with Gasteiger partial charge in [-0.15, -0.1) is 24.0 Å². The molecule has 0 aliphatic heterocycles. The van der Waals surface area contributed by atoms with Crippen molar-refractivity contribution in [3.8, 4) is 5.75 Å². The van der Waals surface area contributed by atoms with E-state index in [9.17, 15) is 5.11 Å². The minimum Gasteiger partial charge on any atom is -0.491 e. The predicted molar refractivity (Wildman–Crippen MR) is 129 cm³/mol. The van der Waals surface area contributed by atoms with Gasteiger partial charge in [0.25, 0.3) is 0 Å². The van der Waals surface area contributed by atoms with Gasteiger partial charge in [0.2, 0.25) is 0 Å². The molecule has 0 heterocycles. The van der Waals surface area contributed by atoms with Crippen molar-refractivity contribution >= 4 is 29.9 Å². The zero-order valence-electron chi connectivity index (χ0n) is 18.2. The first kappa shape index (κ1) is 26.0. The van der Waals surface area contributed by atoms with E-state index in [0.29, 0.717) is 12.0 Å². The number of aliphatic hydroxyl groups is 1. The number of halogens is 1. The second-order valence-corrected chi connectivity index (χ2v) is 7.78. The van der Waals surface area contributed by atoms with Gasteiger partial charge in [0, 0.05) is 32.8 Å². The third kappa shape index (κ3) is 9.53. The summed E-state index contributed by atoms with van der Waals surface area (Å²) in [5, 5.41) is 17.1. The number of nitrogens with zero attached hydrogens (tertiary/aromatic N) is 1. The molecule has 1 fully saturated rings. The summed E-state index contributed by atoms with van der Waals surface area (Å²) in [5.41, 5.74) is 1.13. The number of rotatable bonds is 12. The quantitative estimate of drug-likeness (QED) is 0.169. The van der Waals surface area contributed by atoms with E-state index in [2.05, 4.69) is 10.6 Å². The number of hydrogen-bond donors (Lipinski definition) is 3. The molecular weight excluding hydrogens is 481 g/mol. The van der Waals surface area contributed by atoms with Crippen LogP contribution in [0.15, 0.2) is 29.3 Å². The second kappa shape index (κ2) is 13.3. The zero-order valence-corrected chi connectivity index (χ0v) is 20.6. The number of aliphatic hydroxyl groups excluding tert-OH is 1. The summed E-state index contributed by atoms with van der Waals surface area (Å²) in [6.07, 6.45) is 2.97. The number of ether oxygens (including phenoxy) is 2. The molecule has 1 aliphatic rings. The largest absolute Gasteiger partial charge is 0.491 e. The van der Waals surface area contributed by atoms with Gasteiger partial charge >= 0.3 is 0 Å². The van der Waals surface area contributed by atoms with Crippen LogP contribution < -0.4 is 15.4 Å². The molecule has 29 heavy (non-hydrogen) atoms. The highest BCUT2D eigenvalue weighted by Crippen LogP contribution is 2.49. The van der Waals surface area contributed by atoms with Crippen molar-refractivity contribution in [3.05, 3.63) is 29.8 Å². The number of guanidine groups is 1. The van der Waals surface area contributed by atoms with Crippen molar-refractivity contribution < 1.29 is 14.6 Å². The number of hydrogen-bond acceptors (Lipinski definition) is 4. The van der Waals surface area contributed by atoms with Crippen LogP contribution in [0.4, 0.5) is 0 Å². The van der Waals surface area contributed by atoms with E-state index in [0.717, 1.165) is 50.0 Å². The molecule has 0 saturated heterocycles. The maximum absolute atomic E-state index is 10.6. The molecule has 1 aliphatic carbocycles. The normalized spacial score (nSPS) is 16.1. The molecule has 7 heteroatoms. The topological polar surface area (TPSA) is 75.1 Å². The summed E-state index contributed by atoms with van der Waals surface area (Å²) >= 11 is 0. The molecule has 1 aromatic rings. The van der Waals surface area contributed by atoms with Crippen molar-refractivity contribution in [2.75, 3.05) is 32.8 Å². The van der Waals surface area contributed by atoms with Crippen LogP contribution >= 0.6 is 24.0 Å². The molecule has 1 saturated carbocycles. The Balaban J connectivity index is 0.00000420. The molecule has 3 N–H and O–H groups in total. The third-order valence-electron chi connectivity index (χ3n) is 4.93. The fraction of sp³-hybridized carbons (Fsp3) is 0.682. The van der Waals surface area contributed by atoms with E-state index in [1.54, 1.807) is 0 Å². The Kier molecular flexibility index (Phi) is 11.9. The van der Waals surface area contributed by atoms with Crippen molar-refractivity contribution in [1.82, 2.24) is 10.6 Å². The van der Waals surface area contributed by atoms with E-state index in [1.807, 2.05) is 52.0 Å². The lowest BCUT2D eigenvalue weighted by atomic mass is 10.0. The molecule has 1 atom stereocenters. The van der Waals surface area contributed by atoms with Crippen LogP contribution in [0.1, 0.15) is 58.6 Å². The van der Waals surface area contributed by atoms with Crippen LogP contribution in [-0.2, 0) is 4.74 Å². The fourth-order valence-electron chi connectivity index (χ4n) is 3.06. The van der Waals surface area contributed by atoms with Crippen LogP contribution in [0.5, 0.6) is 5.75 Å². The summed E-state index contributed by atoms with van der Waals surface area (Å²) < 4.78 is 11.2. The SMILES string of the molecule is CCNC(=NCC1(CCOCC)CC1)NCC(O)c1cccc(OC(C)C)c1.I. The molecule has 0 aromatic heterocycles. The first-order chi connectivity index (χ1) is 13.5. The first-order valence-corrected chi connectivity index (χ1v) is 10.5. The molecular formula is C22H38IN3O3. The van der Waals surface area contributed by atoms with Crippen LogP contribution in [0, 0.1) is 5.41 Å². The molecule has 1 aromatic carbocycles. The van der Waals surface area contributed by atoms with Gasteiger partial charge in [0.1, 0.15) is 5.75 Å². The average Bonchev–Trinajstić information content (AvgIpc) is 3.44. The molecule has 166 valence electrons. The smallest absolute Gasteiger partial charge is 0.191 e. The number of nitrogens with one attached hydrogen (secondary N) is 2. The maximum atomic E-state index is 10.6. The predicted octanol–water partition coefficient (Wildman–Crippen LogP) is 3.89. The monoisotopic (exact) mass is 519 g/mol. The van der Waals surface area contributed by atoms with Crippen LogP contribution in [0.3, 0.4) is 0 Å². The molecule has 6 nitrogen and oxygen atoms in total. The fourth-order valence-corrected chi connectivity index (χ4v) is 3.06. The Morgan fingerprint density at radius 1 is 1.24 bits per heavy atom. The van der Waals surface area contributed by atoms with Gasteiger partial charge in [0.05, 0.1) is 12.2 Å². The van der Waals surface area contributed by atoms with Gasteiger partial charge in [0.15, 0.2) is 5.96 Å². The minimum atomic E-state index is -0.632. The van der Waals surface area contributed by atoms with E-state index in [1.165, 1.54) is 12.8 Å². The molecule has 0 radical (unpaired) electrons. The first-order valence-electron chi connectivity index (χ1n) is 10.5. The van der Waals surface area contributed by atoms with Crippen LogP contribution in [0.25, 0.3) is 0 Å². The highest BCUT2D eigenvalue weighted by molar-refractivity contribution is 14.0. The highest BCUT2D eigenvalue weighted by atomic mass is 127. The lowest BCUT2D eigenvalue weighted by molar-refractivity contribution is 0.129. The standard InChI is InChI=1S/C22H37N3O3.HI/c1-5-23-21(25-16-22(10-11-22)12-13-27-6-2)24-15-20(26)18-8-7-9-19(14-18)28-17(3)4;/h7-9,14,17,20,26H,5-6,10-13,15-16H2,1-4H3,(H2,23,24,25);1H. The van der Waals surface area contributed by atoms with Gasteiger partial charge in [-0.2, -0.15) is 0 Å². The van der Waals surface area contributed by atoms with Gasteiger partial charge in [-0.1, -0.05) is 12.1 Å². The minimum absolute atomic E-state index is 0.